The van der Waals surface area contributed by atoms with Gasteiger partial charge in [-0.25, -0.2) is 8.42 Å². The minimum atomic E-state index is -3.64. The van der Waals surface area contributed by atoms with E-state index in [9.17, 15) is 13.2 Å². The van der Waals surface area contributed by atoms with Crippen LogP contribution in [0.1, 0.15) is 25.3 Å². The Labute approximate surface area is 166 Å². The van der Waals surface area contributed by atoms with E-state index in [4.69, 9.17) is 4.74 Å². The number of sulfonamides is 1. The SMILES string of the molecule is CCOc1ccc(S(=O)(=O)N2CCCC(C(=O)Nc3ccccc3C)C2)cc1. The summed E-state index contributed by atoms with van der Waals surface area (Å²) in [5, 5.41) is 2.94. The molecule has 0 bridgehead atoms. The van der Waals surface area contributed by atoms with Crippen molar-refractivity contribution in [3.8, 4) is 5.75 Å². The molecule has 0 aromatic heterocycles. The summed E-state index contributed by atoms with van der Waals surface area (Å²) in [4.78, 5) is 12.9. The molecule has 1 aliphatic heterocycles. The molecule has 1 N–H and O–H groups in total. The van der Waals surface area contributed by atoms with Crippen LogP contribution < -0.4 is 10.1 Å². The van der Waals surface area contributed by atoms with Crippen LogP contribution in [0.5, 0.6) is 5.75 Å². The Morgan fingerprint density at radius 3 is 2.57 bits per heavy atom. The summed E-state index contributed by atoms with van der Waals surface area (Å²) in [5.41, 5.74) is 1.74. The number of anilines is 1. The Hall–Kier alpha value is -2.38. The molecule has 6 nitrogen and oxygen atoms in total. The van der Waals surface area contributed by atoms with Crippen molar-refractivity contribution in [2.75, 3.05) is 25.0 Å². The molecule has 0 aliphatic carbocycles. The number of benzene rings is 2. The third kappa shape index (κ3) is 4.54. The van der Waals surface area contributed by atoms with Gasteiger partial charge in [-0.15, -0.1) is 0 Å². The number of amides is 1. The van der Waals surface area contributed by atoms with Crippen molar-refractivity contribution < 1.29 is 17.9 Å². The van der Waals surface area contributed by atoms with Crippen molar-refractivity contribution in [2.24, 2.45) is 5.92 Å². The Morgan fingerprint density at radius 1 is 1.18 bits per heavy atom. The van der Waals surface area contributed by atoms with Gasteiger partial charge in [-0.2, -0.15) is 4.31 Å². The van der Waals surface area contributed by atoms with Crippen molar-refractivity contribution in [1.29, 1.82) is 0 Å². The average Bonchev–Trinajstić information content (AvgIpc) is 2.70. The Bertz CT molecular complexity index is 926. The van der Waals surface area contributed by atoms with E-state index in [1.807, 2.05) is 38.1 Å². The first kappa shape index (κ1) is 20.4. The van der Waals surface area contributed by atoms with Gasteiger partial charge in [0.15, 0.2) is 0 Å². The Morgan fingerprint density at radius 2 is 1.89 bits per heavy atom. The summed E-state index contributed by atoms with van der Waals surface area (Å²) in [7, 11) is -3.64. The lowest BCUT2D eigenvalue weighted by atomic mass is 9.98. The van der Waals surface area contributed by atoms with Crippen molar-refractivity contribution in [2.45, 2.75) is 31.6 Å². The number of ether oxygens (including phenoxy) is 1. The second-order valence-corrected chi connectivity index (χ2v) is 8.85. The number of carbonyl (C=O) groups is 1. The molecule has 2 aromatic rings. The lowest BCUT2D eigenvalue weighted by molar-refractivity contribution is -0.120. The molecule has 0 spiro atoms. The topological polar surface area (TPSA) is 75.7 Å². The van der Waals surface area contributed by atoms with E-state index in [1.54, 1.807) is 24.3 Å². The highest BCUT2D eigenvalue weighted by Gasteiger charge is 2.33. The highest BCUT2D eigenvalue weighted by Crippen LogP contribution is 2.26. The van der Waals surface area contributed by atoms with Crippen LogP contribution >= 0.6 is 0 Å². The summed E-state index contributed by atoms with van der Waals surface area (Å²) in [6.07, 6.45) is 1.33. The molecule has 1 saturated heterocycles. The highest BCUT2D eigenvalue weighted by atomic mass is 32.2. The van der Waals surface area contributed by atoms with Gasteiger partial charge in [0.1, 0.15) is 5.75 Å². The van der Waals surface area contributed by atoms with Crippen molar-refractivity contribution >= 4 is 21.6 Å². The molecule has 3 rings (SSSR count). The summed E-state index contributed by atoms with van der Waals surface area (Å²) >= 11 is 0. The maximum Gasteiger partial charge on any atom is 0.243 e. The largest absolute Gasteiger partial charge is 0.494 e. The van der Waals surface area contributed by atoms with Gasteiger partial charge >= 0.3 is 0 Å². The maximum absolute atomic E-state index is 13.0. The van der Waals surface area contributed by atoms with Crippen LogP contribution in [0.25, 0.3) is 0 Å². The van der Waals surface area contributed by atoms with Gasteiger partial charge < -0.3 is 10.1 Å². The molecule has 1 unspecified atom stereocenters. The number of para-hydroxylation sites is 1. The zero-order valence-corrected chi connectivity index (χ0v) is 17.0. The van der Waals surface area contributed by atoms with Gasteiger partial charge in [0.05, 0.1) is 17.4 Å². The third-order valence-corrected chi connectivity index (χ3v) is 6.81. The molecule has 0 saturated carbocycles. The maximum atomic E-state index is 13.0. The fourth-order valence-electron chi connectivity index (χ4n) is 3.35. The molecule has 1 amide bonds. The quantitative estimate of drug-likeness (QED) is 0.803. The number of hydrogen-bond donors (Lipinski definition) is 1. The minimum Gasteiger partial charge on any atom is -0.494 e. The molecule has 150 valence electrons. The summed E-state index contributed by atoms with van der Waals surface area (Å²) in [6.45, 7) is 4.94. The second-order valence-electron chi connectivity index (χ2n) is 6.91. The third-order valence-electron chi connectivity index (χ3n) is 4.93. The smallest absolute Gasteiger partial charge is 0.243 e. The summed E-state index contributed by atoms with van der Waals surface area (Å²) < 4.78 is 32.8. The average molecular weight is 403 g/mol. The van der Waals surface area contributed by atoms with E-state index in [2.05, 4.69) is 5.32 Å². The number of aryl methyl sites for hydroxylation is 1. The molecule has 2 aromatic carbocycles. The number of carbonyl (C=O) groups excluding carboxylic acids is 1. The fraction of sp³-hybridized carbons (Fsp3) is 0.381. The van der Waals surface area contributed by atoms with Crippen molar-refractivity contribution in [3.05, 3.63) is 54.1 Å². The van der Waals surface area contributed by atoms with Crippen LogP contribution in [0, 0.1) is 12.8 Å². The van der Waals surface area contributed by atoms with Crippen LogP contribution in [0.3, 0.4) is 0 Å². The van der Waals surface area contributed by atoms with Crippen LogP contribution in [-0.2, 0) is 14.8 Å². The standard InChI is InChI=1S/C21H26N2O4S/c1-3-27-18-10-12-19(13-11-18)28(25,26)23-14-6-8-17(15-23)21(24)22-20-9-5-4-7-16(20)2/h4-5,7,9-13,17H,3,6,8,14-15H2,1-2H3,(H,22,24). The molecule has 7 heteroatoms. The van der Waals surface area contributed by atoms with Crippen LogP contribution in [-0.4, -0.2) is 38.3 Å². The van der Waals surface area contributed by atoms with E-state index in [0.29, 0.717) is 31.7 Å². The molecule has 28 heavy (non-hydrogen) atoms. The normalized spacial score (nSPS) is 17.9. The first-order valence-electron chi connectivity index (χ1n) is 9.51. The number of nitrogens with one attached hydrogen (secondary N) is 1. The molecule has 1 heterocycles. The van der Waals surface area contributed by atoms with E-state index in [1.165, 1.54) is 4.31 Å². The zero-order chi connectivity index (χ0) is 20.1. The number of rotatable bonds is 6. The summed E-state index contributed by atoms with van der Waals surface area (Å²) in [6, 6.07) is 14.0. The Kier molecular flexibility index (Phi) is 6.36. The number of nitrogens with zero attached hydrogens (tertiary/aromatic N) is 1. The predicted molar refractivity (Wildman–Crippen MR) is 109 cm³/mol. The monoisotopic (exact) mass is 402 g/mol. The Balaban J connectivity index is 1.71. The van der Waals surface area contributed by atoms with Gasteiger partial charge in [-0.05, 0) is 62.6 Å². The zero-order valence-electron chi connectivity index (χ0n) is 16.2. The van der Waals surface area contributed by atoms with E-state index >= 15 is 0 Å². The van der Waals surface area contributed by atoms with Gasteiger partial charge in [-0.3, -0.25) is 4.79 Å². The molecule has 0 radical (unpaired) electrons. The first-order chi connectivity index (χ1) is 13.4. The van der Waals surface area contributed by atoms with Gasteiger partial charge in [0.25, 0.3) is 0 Å². The van der Waals surface area contributed by atoms with Crippen molar-refractivity contribution in [3.63, 3.8) is 0 Å². The van der Waals surface area contributed by atoms with Gasteiger partial charge in [-0.1, -0.05) is 18.2 Å². The summed E-state index contributed by atoms with van der Waals surface area (Å²) in [5.74, 6) is 0.127. The van der Waals surface area contributed by atoms with E-state index < -0.39 is 10.0 Å². The molecule has 1 aliphatic rings. The van der Waals surface area contributed by atoms with Crippen molar-refractivity contribution in [1.82, 2.24) is 4.31 Å². The lowest BCUT2D eigenvalue weighted by Crippen LogP contribution is -2.43. The second kappa shape index (κ2) is 8.75. The number of hydrogen-bond acceptors (Lipinski definition) is 4. The fourth-order valence-corrected chi connectivity index (χ4v) is 4.87. The first-order valence-corrected chi connectivity index (χ1v) is 11.0. The van der Waals surface area contributed by atoms with Gasteiger partial charge in [0, 0.05) is 18.8 Å². The minimum absolute atomic E-state index is 0.138. The van der Waals surface area contributed by atoms with Crippen LogP contribution in [0.4, 0.5) is 5.69 Å². The van der Waals surface area contributed by atoms with Crippen LogP contribution in [0.15, 0.2) is 53.4 Å². The molecular formula is C21H26N2O4S. The van der Waals surface area contributed by atoms with E-state index in [-0.39, 0.29) is 23.3 Å². The predicted octanol–water partition coefficient (Wildman–Crippen LogP) is 3.43. The molecule has 1 atom stereocenters. The van der Waals surface area contributed by atoms with Gasteiger partial charge in [0.2, 0.25) is 15.9 Å². The lowest BCUT2D eigenvalue weighted by Gasteiger charge is -2.31. The molecule has 1 fully saturated rings. The highest BCUT2D eigenvalue weighted by molar-refractivity contribution is 7.89. The van der Waals surface area contributed by atoms with Crippen LogP contribution in [0.2, 0.25) is 0 Å². The molecular weight excluding hydrogens is 376 g/mol. The number of piperidine rings is 1. The van der Waals surface area contributed by atoms with E-state index in [0.717, 1.165) is 11.3 Å².